The second-order valence-corrected chi connectivity index (χ2v) is 7.77. The maximum Gasteiger partial charge on any atom is 0.363 e. The van der Waals surface area contributed by atoms with E-state index in [-0.39, 0.29) is 17.3 Å². The average Bonchev–Trinajstić information content (AvgIpc) is 3.21. The summed E-state index contributed by atoms with van der Waals surface area (Å²) in [4.78, 5) is 27.5. The highest BCUT2D eigenvalue weighted by atomic mass is 16.6. The summed E-state index contributed by atoms with van der Waals surface area (Å²) in [6.45, 7) is 4.42. The van der Waals surface area contributed by atoms with Gasteiger partial charge >= 0.3 is 5.97 Å². The fourth-order valence-corrected chi connectivity index (χ4v) is 3.66. The number of carbonyl (C=O) groups excluding carboxylic acids is 1. The number of aliphatic imine (C=N–C) groups is 1. The summed E-state index contributed by atoms with van der Waals surface area (Å²) in [6, 6.07) is 20.0. The Morgan fingerprint density at radius 2 is 1.83 bits per heavy atom. The fourth-order valence-electron chi connectivity index (χ4n) is 3.66. The van der Waals surface area contributed by atoms with E-state index in [0.29, 0.717) is 41.4 Å². The maximum atomic E-state index is 12.5. The first-order valence-electron chi connectivity index (χ1n) is 11.2. The quantitative estimate of drug-likeness (QED) is 0.182. The van der Waals surface area contributed by atoms with Gasteiger partial charge in [0.05, 0.1) is 18.1 Å². The van der Waals surface area contributed by atoms with Crippen LogP contribution in [-0.4, -0.2) is 30.0 Å². The van der Waals surface area contributed by atoms with Crippen molar-refractivity contribution in [1.82, 2.24) is 0 Å². The van der Waals surface area contributed by atoms with Crippen molar-refractivity contribution >= 4 is 23.6 Å². The molecule has 3 aromatic carbocycles. The van der Waals surface area contributed by atoms with Gasteiger partial charge in [-0.1, -0.05) is 42.5 Å². The third-order valence-electron chi connectivity index (χ3n) is 5.41. The Labute approximate surface area is 202 Å². The Bertz CT molecular complexity index is 1310. The van der Waals surface area contributed by atoms with Gasteiger partial charge in [0.25, 0.3) is 5.69 Å². The van der Waals surface area contributed by atoms with E-state index in [1.165, 1.54) is 17.7 Å². The highest BCUT2D eigenvalue weighted by Gasteiger charge is 2.27. The van der Waals surface area contributed by atoms with Gasteiger partial charge in [-0.2, -0.15) is 0 Å². The van der Waals surface area contributed by atoms with E-state index in [1.54, 1.807) is 37.3 Å². The molecule has 8 heteroatoms. The molecular weight excluding hydrogens is 448 g/mol. The minimum Gasteiger partial charge on any atom is -0.490 e. The molecule has 178 valence electrons. The van der Waals surface area contributed by atoms with Crippen LogP contribution in [0.2, 0.25) is 0 Å². The van der Waals surface area contributed by atoms with Gasteiger partial charge in [0.1, 0.15) is 0 Å². The smallest absolute Gasteiger partial charge is 0.363 e. The molecule has 0 unspecified atom stereocenters. The van der Waals surface area contributed by atoms with Crippen LogP contribution in [0.25, 0.3) is 6.08 Å². The molecule has 0 fully saturated rings. The minimum absolute atomic E-state index is 0.0355. The third kappa shape index (κ3) is 5.55. The van der Waals surface area contributed by atoms with E-state index in [1.807, 2.05) is 37.3 Å². The van der Waals surface area contributed by atoms with Crippen molar-refractivity contribution < 1.29 is 23.9 Å². The Morgan fingerprint density at radius 3 is 2.57 bits per heavy atom. The van der Waals surface area contributed by atoms with Crippen molar-refractivity contribution in [2.45, 2.75) is 20.3 Å². The molecule has 1 aliphatic heterocycles. The first-order valence-corrected chi connectivity index (χ1v) is 11.2. The van der Waals surface area contributed by atoms with E-state index in [4.69, 9.17) is 14.2 Å². The van der Waals surface area contributed by atoms with E-state index in [2.05, 4.69) is 4.99 Å². The molecule has 0 aliphatic carbocycles. The number of nitrogens with zero attached hydrogens (tertiary/aromatic N) is 2. The van der Waals surface area contributed by atoms with Crippen LogP contribution in [0.1, 0.15) is 29.2 Å². The van der Waals surface area contributed by atoms with Gasteiger partial charge in [-0.3, -0.25) is 10.1 Å². The molecule has 0 N–H and O–H groups in total. The number of rotatable bonds is 9. The number of cyclic esters (lactones) is 1. The second-order valence-electron chi connectivity index (χ2n) is 7.77. The monoisotopic (exact) mass is 472 g/mol. The molecule has 0 bridgehead atoms. The zero-order chi connectivity index (χ0) is 24.8. The standard InChI is InChI=1S/C27H24N2O6/c1-3-33-25-17-20(12-13-24(25)34-15-14-19-8-5-4-6-9-19)16-22-27(30)35-26(28-22)21-10-7-11-23(18(21)2)29(31)32/h4-13,16-17H,3,14-15H2,1-2H3/b22-16-. The van der Waals surface area contributed by atoms with Crippen LogP contribution in [0.5, 0.6) is 11.5 Å². The summed E-state index contributed by atoms with van der Waals surface area (Å²) >= 11 is 0. The van der Waals surface area contributed by atoms with Crippen LogP contribution in [0.4, 0.5) is 5.69 Å². The summed E-state index contributed by atoms with van der Waals surface area (Å²) in [5, 5.41) is 11.2. The van der Waals surface area contributed by atoms with Gasteiger partial charge in [0, 0.05) is 23.6 Å². The van der Waals surface area contributed by atoms with Gasteiger partial charge in [0.15, 0.2) is 17.2 Å². The zero-order valence-electron chi connectivity index (χ0n) is 19.4. The largest absolute Gasteiger partial charge is 0.490 e. The lowest BCUT2D eigenvalue weighted by molar-refractivity contribution is -0.385. The predicted molar refractivity (Wildman–Crippen MR) is 132 cm³/mol. The van der Waals surface area contributed by atoms with E-state index in [9.17, 15) is 14.9 Å². The van der Waals surface area contributed by atoms with Crippen LogP contribution in [0, 0.1) is 17.0 Å². The summed E-state index contributed by atoms with van der Waals surface area (Å²) in [5.41, 5.74) is 2.65. The lowest BCUT2D eigenvalue weighted by atomic mass is 10.1. The van der Waals surface area contributed by atoms with Gasteiger partial charge < -0.3 is 14.2 Å². The highest BCUT2D eigenvalue weighted by Crippen LogP contribution is 2.31. The lowest BCUT2D eigenvalue weighted by Gasteiger charge is -2.12. The molecule has 35 heavy (non-hydrogen) atoms. The molecule has 0 spiro atoms. The number of esters is 1. The third-order valence-corrected chi connectivity index (χ3v) is 5.41. The minimum atomic E-state index is -0.632. The highest BCUT2D eigenvalue weighted by molar-refractivity contribution is 6.13. The van der Waals surface area contributed by atoms with Crippen molar-refractivity contribution in [2.75, 3.05) is 13.2 Å². The summed E-state index contributed by atoms with van der Waals surface area (Å²) in [7, 11) is 0. The number of ether oxygens (including phenoxy) is 3. The first kappa shape index (κ1) is 23.7. The molecule has 0 saturated heterocycles. The van der Waals surface area contributed by atoms with Gasteiger partial charge in [0.2, 0.25) is 5.90 Å². The van der Waals surface area contributed by atoms with Crippen LogP contribution >= 0.6 is 0 Å². The normalized spacial score (nSPS) is 13.9. The number of nitro groups is 1. The van der Waals surface area contributed by atoms with Gasteiger partial charge in [-0.15, -0.1) is 0 Å². The maximum absolute atomic E-state index is 12.5. The molecule has 0 saturated carbocycles. The van der Waals surface area contributed by atoms with E-state index in [0.717, 1.165) is 6.42 Å². The van der Waals surface area contributed by atoms with Crippen molar-refractivity contribution in [2.24, 2.45) is 4.99 Å². The van der Waals surface area contributed by atoms with Crippen molar-refractivity contribution in [3.8, 4) is 11.5 Å². The van der Waals surface area contributed by atoms with Crippen molar-refractivity contribution in [3.63, 3.8) is 0 Å². The van der Waals surface area contributed by atoms with Crippen molar-refractivity contribution in [1.29, 1.82) is 0 Å². The SMILES string of the molecule is CCOc1cc(/C=C2\N=C(c3cccc([N+](=O)[O-])c3C)OC2=O)ccc1OCCc1ccccc1. The molecule has 0 radical (unpaired) electrons. The average molecular weight is 472 g/mol. The number of nitro benzene ring substituents is 1. The van der Waals surface area contributed by atoms with Crippen LogP contribution in [0.3, 0.4) is 0 Å². The molecular formula is C27H24N2O6. The van der Waals surface area contributed by atoms with Crippen LogP contribution < -0.4 is 9.47 Å². The molecule has 0 amide bonds. The predicted octanol–water partition coefficient (Wildman–Crippen LogP) is 5.27. The van der Waals surface area contributed by atoms with E-state index >= 15 is 0 Å². The topological polar surface area (TPSA) is 100 Å². The Morgan fingerprint density at radius 1 is 1.03 bits per heavy atom. The number of hydrogen-bond donors (Lipinski definition) is 0. The van der Waals surface area contributed by atoms with Crippen molar-refractivity contribution in [3.05, 3.63) is 105 Å². The Hall–Kier alpha value is -4.46. The Kier molecular flexibility index (Phi) is 7.21. The Balaban J connectivity index is 1.55. The van der Waals surface area contributed by atoms with Gasteiger partial charge in [-0.05, 0) is 49.2 Å². The molecule has 1 heterocycles. The van der Waals surface area contributed by atoms with Gasteiger partial charge in [-0.25, -0.2) is 9.79 Å². The summed E-state index contributed by atoms with van der Waals surface area (Å²) in [5.74, 6) is 0.566. The second kappa shape index (κ2) is 10.6. The van der Waals surface area contributed by atoms with Crippen LogP contribution in [0.15, 0.2) is 77.4 Å². The molecule has 0 aromatic heterocycles. The molecule has 0 atom stereocenters. The lowest BCUT2D eigenvalue weighted by Crippen LogP contribution is -2.08. The summed E-state index contributed by atoms with van der Waals surface area (Å²) < 4.78 is 17.0. The van der Waals surface area contributed by atoms with Crippen LogP contribution in [-0.2, 0) is 16.0 Å². The number of carbonyl (C=O) groups is 1. The fraction of sp³-hybridized carbons (Fsp3) is 0.185. The molecule has 1 aliphatic rings. The number of benzene rings is 3. The first-order chi connectivity index (χ1) is 17.0. The number of hydrogen-bond acceptors (Lipinski definition) is 7. The molecule has 3 aromatic rings. The molecule has 4 rings (SSSR count). The van der Waals surface area contributed by atoms with E-state index < -0.39 is 10.9 Å². The zero-order valence-corrected chi connectivity index (χ0v) is 19.4. The summed E-state index contributed by atoms with van der Waals surface area (Å²) in [6.07, 6.45) is 2.34. The molecule has 8 nitrogen and oxygen atoms in total.